The van der Waals surface area contributed by atoms with Crippen LogP contribution in [0.5, 0.6) is 0 Å². The zero-order valence-corrected chi connectivity index (χ0v) is 15.4. The molecule has 3 heteroatoms. The molecule has 1 saturated carbocycles. The van der Waals surface area contributed by atoms with Gasteiger partial charge in [0.15, 0.2) is 0 Å². The molecular weight excluding hydrogens is 324 g/mol. The Morgan fingerprint density at radius 3 is 2.19 bits per heavy atom. The molecule has 0 heterocycles. The lowest BCUT2D eigenvalue weighted by Crippen LogP contribution is -2.45. The van der Waals surface area contributed by atoms with E-state index in [0.717, 1.165) is 4.47 Å². The fourth-order valence-corrected chi connectivity index (χ4v) is 3.85. The maximum atomic E-state index is 6.31. The summed E-state index contributed by atoms with van der Waals surface area (Å²) in [6, 6.07) is 9.70. The second-order valence-electron chi connectivity index (χ2n) is 7.42. The van der Waals surface area contributed by atoms with E-state index >= 15 is 0 Å². The first-order valence-electron chi connectivity index (χ1n) is 8.03. The molecule has 2 rings (SSSR count). The van der Waals surface area contributed by atoms with Gasteiger partial charge in [-0.3, -0.25) is 4.90 Å². The predicted octanol–water partition coefficient (Wildman–Crippen LogP) is 4.74. The van der Waals surface area contributed by atoms with E-state index in [1.165, 1.54) is 31.2 Å². The number of rotatable bonds is 4. The largest absolute Gasteiger partial charge is 0.326 e. The van der Waals surface area contributed by atoms with Gasteiger partial charge >= 0.3 is 0 Å². The first kappa shape index (κ1) is 17.0. The molecule has 2 N–H and O–H groups in total. The number of nitrogens with zero attached hydrogens (tertiary/aromatic N) is 1. The highest BCUT2D eigenvalue weighted by molar-refractivity contribution is 9.10. The monoisotopic (exact) mass is 352 g/mol. The van der Waals surface area contributed by atoms with Gasteiger partial charge in [0.05, 0.1) is 0 Å². The predicted molar refractivity (Wildman–Crippen MR) is 94.3 cm³/mol. The van der Waals surface area contributed by atoms with Crippen LogP contribution in [0.25, 0.3) is 0 Å². The van der Waals surface area contributed by atoms with Gasteiger partial charge < -0.3 is 5.73 Å². The molecule has 2 atom stereocenters. The summed E-state index contributed by atoms with van der Waals surface area (Å²) in [6.07, 6.45) is 5.19. The Kier molecular flexibility index (Phi) is 5.50. The van der Waals surface area contributed by atoms with Gasteiger partial charge in [-0.2, -0.15) is 0 Å². The lowest BCUT2D eigenvalue weighted by atomic mass is 9.75. The SMILES string of the molecule is CC(N)C(c1ccc(Br)cc1)N(C)C1CCC(C)(C)CC1. The number of halogens is 1. The topological polar surface area (TPSA) is 29.3 Å². The van der Waals surface area contributed by atoms with E-state index in [9.17, 15) is 0 Å². The highest BCUT2D eigenvalue weighted by Crippen LogP contribution is 2.39. The fourth-order valence-electron chi connectivity index (χ4n) is 3.59. The molecule has 0 bridgehead atoms. The normalized spacial score (nSPS) is 22.2. The van der Waals surface area contributed by atoms with E-state index in [1.54, 1.807) is 0 Å². The molecule has 1 aromatic carbocycles. The van der Waals surface area contributed by atoms with E-state index in [1.807, 2.05) is 0 Å². The lowest BCUT2D eigenvalue weighted by Gasteiger charge is -2.43. The van der Waals surface area contributed by atoms with Crippen LogP contribution in [-0.2, 0) is 0 Å². The molecule has 0 aliphatic heterocycles. The van der Waals surface area contributed by atoms with E-state index in [-0.39, 0.29) is 6.04 Å². The van der Waals surface area contributed by atoms with Crippen LogP contribution in [0.4, 0.5) is 0 Å². The molecule has 0 amide bonds. The van der Waals surface area contributed by atoms with Gasteiger partial charge in [-0.1, -0.05) is 41.9 Å². The lowest BCUT2D eigenvalue weighted by molar-refractivity contribution is 0.0856. The molecule has 0 saturated heterocycles. The molecular formula is C18H29BrN2. The van der Waals surface area contributed by atoms with Crippen LogP contribution in [0.15, 0.2) is 28.7 Å². The van der Waals surface area contributed by atoms with Crippen molar-refractivity contribution in [3.63, 3.8) is 0 Å². The van der Waals surface area contributed by atoms with Crippen molar-refractivity contribution in [2.24, 2.45) is 11.1 Å². The summed E-state index contributed by atoms with van der Waals surface area (Å²) in [6.45, 7) is 6.90. The smallest absolute Gasteiger partial charge is 0.0496 e. The minimum Gasteiger partial charge on any atom is -0.326 e. The van der Waals surface area contributed by atoms with E-state index in [0.29, 0.717) is 17.5 Å². The van der Waals surface area contributed by atoms with Crippen LogP contribution in [-0.4, -0.2) is 24.0 Å². The Balaban J connectivity index is 2.13. The van der Waals surface area contributed by atoms with Gasteiger partial charge in [-0.25, -0.2) is 0 Å². The van der Waals surface area contributed by atoms with Crippen LogP contribution in [0, 0.1) is 5.41 Å². The van der Waals surface area contributed by atoms with Gasteiger partial charge in [-0.05, 0) is 62.8 Å². The Hall–Kier alpha value is -0.380. The van der Waals surface area contributed by atoms with Crippen molar-refractivity contribution < 1.29 is 0 Å². The Bertz CT molecular complexity index is 443. The first-order valence-corrected chi connectivity index (χ1v) is 8.82. The minimum atomic E-state index is 0.131. The van der Waals surface area contributed by atoms with Crippen molar-refractivity contribution in [2.75, 3.05) is 7.05 Å². The molecule has 2 nitrogen and oxygen atoms in total. The van der Waals surface area contributed by atoms with Gasteiger partial charge in [0.25, 0.3) is 0 Å². The third-order valence-electron chi connectivity index (χ3n) is 5.03. The first-order chi connectivity index (χ1) is 9.80. The maximum absolute atomic E-state index is 6.31. The number of nitrogens with two attached hydrogens (primary N) is 1. The number of hydrogen-bond donors (Lipinski definition) is 1. The summed E-state index contributed by atoms with van der Waals surface area (Å²) in [4.78, 5) is 2.52. The van der Waals surface area contributed by atoms with E-state index < -0.39 is 0 Å². The molecule has 118 valence electrons. The second kappa shape index (κ2) is 6.80. The molecule has 2 unspecified atom stereocenters. The molecule has 1 fully saturated rings. The zero-order valence-electron chi connectivity index (χ0n) is 13.8. The van der Waals surface area contributed by atoms with Gasteiger partial charge in [0.1, 0.15) is 0 Å². The Labute approximate surface area is 138 Å². The van der Waals surface area contributed by atoms with E-state index in [4.69, 9.17) is 5.73 Å². The highest BCUT2D eigenvalue weighted by atomic mass is 79.9. The zero-order chi connectivity index (χ0) is 15.6. The summed E-state index contributed by atoms with van der Waals surface area (Å²) < 4.78 is 1.12. The van der Waals surface area contributed by atoms with Gasteiger partial charge in [0, 0.05) is 22.6 Å². The highest BCUT2D eigenvalue weighted by Gasteiger charge is 2.32. The molecule has 0 aromatic heterocycles. The standard InChI is InChI=1S/C18H29BrN2/c1-13(20)17(14-5-7-15(19)8-6-14)21(4)16-9-11-18(2,3)12-10-16/h5-8,13,16-17H,9-12,20H2,1-4H3. The molecule has 21 heavy (non-hydrogen) atoms. The van der Waals surface area contributed by atoms with Crippen molar-refractivity contribution >= 4 is 15.9 Å². The van der Waals surface area contributed by atoms with Crippen LogP contribution in [0.1, 0.15) is 58.1 Å². The van der Waals surface area contributed by atoms with Gasteiger partial charge in [0.2, 0.25) is 0 Å². The fraction of sp³-hybridized carbons (Fsp3) is 0.667. The summed E-state index contributed by atoms with van der Waals surface area (Å²) in [5.41, 5.74) is 8.15. The molecule has 0 spiro atoms. The molecule has 1 aliphatic rings. The average molecular weight is 353 g/mol. The molecule has 0 radical (unpaired) electrons. The van der Waals surface area contributed by atoms with Crippen molar-refractivity contribution in [1.29, 1.82) is 0 Å². The van der Waals surface area contributed by atoms with Crippen molar-refractivity contribution in [3.05, 3.63) is 34.3 Å². The molecule has 1 aliphatic carbocycles. The Morgan fingerprint density at radius 2 is 1.71 bits per heavy atom. The molecule has 1 aromatic rings. The van der Waals surface area contributed by atoms with Crippen molar-refractivity contribution in [1.82, 2.24) is 4.90 Å². The van der Waals surface area contributed by atoms with Gasteiger partial charge in [-0.15, -0.1) is 0 Å². The number of likely N-dealkylation sites (N-methyl/N-ethyl adjacent to an activating group) is 1. The third kappa shape index (κ3) is 4.30. The Morgan fingerprint density at radius 1 is 1.19 bits per heavy atom. The minimum absolute atomic E-state index is 0.131. The maximum Gasteiger partial charge on any atom is 0.0496 e. The van der Waals surface area contributed by atoms with E-state index in [2.05, 4.69) is 72.9 Å². The quantitative estimate of drug-likeness (QED) is 0.847. The number of hydrogen-bond acceptors (Lipinski definition) is 2. The average Bonchev–Trinajstić information content (AvgIpc) is 2.40. The van der Waals surface area contributed by atoms with Crippen LogP contribution < -0.4 is 5.73 Å². The number of benzene rings is 1. The summed E-state index contributed by atoms with van der Waals surface area (Å²) in [5.74, 6) is 0. The summed E-state index contributed by atoms with van der Waals surface area (Å²) in [5, 5.41) is 0. The second-order valence-corrected chi connectivity index (χ2v) is 8.33. The summed E-state index contributed by atoms with van der Waals surface area (Å²) in [7, 11) is 2.25. The summed E-state index contributed by atoms with van der Waals surface area (Å²) >= 11 is 3.51. The van der Waals surface area contributed by atoms with Crippen LogP contribution in [0.2, 0.25) is 0 Å². The van der Waals surface area contributed by atoms with Crippen LogP contribution >= 0.6 is 15.9 Å². The third-order valence-corrected chi connectivity index (χ3v) is 5.56. The van der Waals surface area contributed by atoms with Crippen molar-refractivity contribution in [2.45, 2.75) is 64.6 Å². The van der Waals surface area contributed by atoms with Crippen molar-refractivity contribution in [3.8, 4) is 0 Å². The van der Waals surface area contributed by atoms with Crippen LogP contribution in [0.3, 0.4) is 0 Å².